The Kier molecular flexibility index (Phi) is 7.78. The molecular formula is C11H24ClN. The smallest absolute Gasteiger partial charge is 0.0351 e. The molecule has 0 fully saturated rings. The molecule has 0 aliphatic heterocycles. The van der Waals surface area contributed by atoms with Crippen molar-refractivity contribution in [3.63, 3.8) is 0 Å². The van der Waals surface area contributed by atoms with Crippen molar-refractivity contribution in [3.8, 4) is 0 Å². The minimum absolute atomic E-state index is 0.623. The first-order valence-electron chi connectivity index (χ1n) is 5.41. The standard InChI is InChI=1S/C11H24ClN/c1-5-6-11(4)9-13(8-7-12)10(2)3/h10-11H,5-9H2,1-4H3. The molecule has 2 heteroatoms. The Morgan fingerprint density at radius 1 is 1.23 bits per heavy atom. The molecule has 0 radical (unpaired) electrons. The van der Waals surface area contributed by atoms with Crippen LogP contribution < -0.4 is 0 Å². The summed E-state index contributed by atoms with van der Waals surface area (Å²) < 4.78 is 0. The fourth-order valence-electron chi connectivity index (χ4n) is 1.65. The molecule has 1 unspecified atom stereocenters. The molecule has 0 aromatic rings. The monoisotopic (exact) mass is 205 g/mol. The number of halogens is 1. The van der Waals surface area contributed by atoms with E-state index < -0.39 is 0 Å². The van der Waals surface area contributed by atoms with Crippen molar-refractivity contribution in [2.24, 2.45) is 5.92 Å². The van der Waals surface area contributed by atoms with Gasteiger partial charge in [0.1, 0.15) is 0 Å². The van der Waals surface area contributed by atoms with Gasteiger partial charge in [0.05, 0.1) is 0 Å². The maximum absolute atomic E-state index is 5.76. The summed E-state index contributed by atoms with van der Waals surface area (Å²) in [6.45, 7) is 11.3. The topological polar surface area (TPSA) is 3.24 Å². The van der Waals surface area contributed by atoms with E-state index in [0.717, 1.165) is 18.3 Å². The van der Waals surface area contributed by atoms with Gasteiger partial charge in [-0.1, -0.05) is 20.3 Å². The van der Waals surface area contributed by atoms with Crippen molar-refractivity contribution in [1.82, 2.24) is 4.90 Å². The minimum atomic E-state index is 0.623. The van der Waals surface area contributed by atoms with Gasteiger partial charge < -0.3 is 0 Å². The van der Waals surface area contributed by atoms with Gasteiger partial charge in [-0.3, -0.25) is 4.90 Å². The van der Waals surface area contributed by atoms with Gasteiger partial charge in [0, 0.05) is 25.0 Å². The van der Waals surface area contributed by atoms with E-state index in [4.69, 9.17) is 11.6 Å². The van der Waals surface area contributed by atoms with E-state index in [9.17, 15) is 0 Å². The van der Waals surface area contributed by atoms with Crippen molar-refractivity contribution in [1.29, 1.82) is 0 Å². The third-order valence-electron chi connectivity index (χ3n) is 2.43. The maximum Gasteiger partial charge on any atom is 0.0351 e. The zero-order valence-corrected chi connectivity index (χ0v) is 10.3. The summed E-state index contributed by atoms with van der Waals surface area (Å²) in [4.78, 5) is 2.47. The average molecular weight is 206 g/mol. The zero-order valence-electron chi connectivity index (χ0n) is 9.52. The number of hydrogen-bond donors (Lipinski definition) is 0. The fraction of sp³-hybridized carbons (Fsp3) is 1.00. The lowest BCUT2D eigenvalue weighted by Crippen LogP contribution is -2.36. The molecule has 0 N–H and O–H groups in total. The molecule has 0 saturated heterocycles. The van der Waals surface area contributed by atoms with Crippen molar-refractivity contribution in [3.05, 3.63) is 0 Å². The number of nitrogens with zero attached hydrogens (tertiary/aromatic N) is 1. The fourth-order valence-corrected chi connectivity index (χ4v) is 1.87. The molecule has 0 rings (SSSR count). The highest BCUT2D eigenvalue weighted by Gasteiger charge is 2.11. The van der Waals surface area contributed by atoms with Crippen LogP contribution in [0.25, 0.3) is 0 Å². The van der Waals surface area contributed by atoms with E-state index in [1.54, 1.807) is 0 Å². The highest BCUT2D eigenvalue weighted by Crippen LogP contribution is 2.10. The second kappa shape index (κ2) is 7.64. The van der Waals surface area contributed by atoms with Gasteiger partial charge in [0.25, 0.3) is 0 Å². The van der Waals surface area contributed by atoms with Crippen LogP contribution in [0.5, 0.6) is 0 Å². The number of rotatable bonds is 7. The summed E-state index contributed by atoms with van der Waals surface area (Å²) in [7, 11) is 0. The Morgan fingerprint density at radius 3 is 2.23 bits per heavy atom. The molecule has 0 aromatic heterocycles. The Morgan fingerprint density at radius 2 is 1.85 bits per heavy atom. The molecule has 1 nitrogen and oxygen atoms in total. The Hall–Kier alpha value is 0.250. The molecule has 0 bridgehead atoms. The molecule has 0 spiro atoms. The van der Waals surface area contributed by atoms with E-state index in [-0.39, 0.29) is 0 Å². The Bertz CT molecular complexity index is 115. The molecule has 0 amide bonds. The van der Waals surface area contributed by atoms with E-state index in [2.05, 4.69) is 32.6 Å². The van der Waals surface area contributed by atoms with Crippen LogP contribution in [0, 0.1) is 5.92 Å². The molecule has 1 atom stereocenters. The van der Waals surface area contributed by atoms with Gasteiger partial charge in [0.15, 0.2) is 0 Å². The molecule has 0 heterocycles. The number of alkyl halides is 1. The lowest BCUT2D eigenvalue weighted by molar-refractivity contribution is 0.199. The SMILES string of the molecule is CCCC(C)CN(CCCl)C(C)C. The predicted octanol–water partition coefficient (Wildman–Crippen LogP) is 3.37. The van der Waals surface area contributed by atoms with Crippen LogP contribution in [0.1, 0.15) is 40.5 Å². The predicted molar refractivity (Wildman–Crippen MR) is 61.5 cm³/mol. The van der Waals surface area contributed by atoms with E-state index >= 15 is 0 Å². The Balaban J connectivity index is 3.79. The normalized spacial score (nSPS) is 14.1. The maximum atomic E-state index is 5.76. The van der Waals surface area contributed by atoms with Crippen molar-refractivity contribution in [2.45, 2.75) is 46.6 Å². The lowest BCUT2D eigenvalue weighted by atomic mass is 10.1. The highest BCUT2D eigenvalue weighted by molar-refractivity contribution is 6.18. The van der Waals surface area contributed by atoms with Gasteiger partial charge in [-0.05, 0) is 26.2 Å². The summed E-state index contributed by atoms with van der Waals surface area (Å²) >= 11 is 5.76. The summed E-state index contributed by atoms with van der Waals surface area (Å²) in [6.07, 6.45) is 2.61. The first kappa shape index (κ1) is 13.2. The largest absolute Gasteiger partial charge is 0.299 e. The zero-order chi connectivity index (χ0) is 10.3. The van der Waals surface area contributed by atoms with E-state index in [1.165, 1.54) is 19.4 Å². The summed E-state index contributed by atoms with van der Waals surface area (Å²) in [5.41, 5.74) is 0. The van der Waals surface area contributed by atoms with Crippen LogP contribution in [-0.2, 0) is 0 Å². The van der Waals surface area contributed by atoms with Crippen LogP contribution >= 0.6 is 11.6 Å². The average Bonchev–Trinajstić information content (AvgIpc) is 2.04. The molecule has 0 aliphatic rings. The minimum Gasteiger partial charge on any atom is -0.299 e. The molecule has 0 aromatic carbocycles. The first-order valence-corrected chi connectivity index (χ1v) is 5.95. The van der Waals surface area contributed by atoms with Crippen molar-refractivity contribution < 1.29 is 0 Å². The van der Waals surface area contributed by atoms with Crippen molar-refractivity contribution in [2.75, 3.05) is 19.0 Å². The van der Waals surface area contributed by atoms with Crippen LogP contribution in [0.15, 0.2) is 0 Å². The molecule has 0 saturated carbocycles. The first-order chi connectivity index (χ1) is 6.11. The van der Waals surface area contributed by atoms with E-state index in [1.807, 2.05) is 0 Å². The van der Waals surface area contributed by atoms with Gasteiger partial charge in [-0.15, -0.1) is 11.6 Å². The van der Waals surface area contributed by atoms with Crippen LogP contribution in [-0.4, -0.2) is 29.9 Å². The third kappa shape index (κ3) is 6.34. The Labute approximate surface area is 88.5 Å². The molecule has 80 valence electrons. The number of hydrogen-bond acceptors (Lipinski definition) is 1. The van der Waals surface area contributed by atoms with Gasteiger partial charge in [-0.2, -0.15) is 0 Å². The van der Waals surface area contributed by atoms with Crippen molar-refractivity contribution >= 4 is 11.6 Å². The summed E-state index contributed by atoms with van der Waals surface area (Å²) in [5, 5.41) is 0. The second-order valence-electron chi connectivity index (χ2n) is 4.17. The summed E-state index contributed by atoms with van der Waals surface area (Å²) in [5.74, 6) is 1.55. The highest BCUT2D eigenvalue weighted by atomic mass is 35.5. The van der Waals surface area contributed by atoms with Gasteiger partial charge in [-0.25, -0.2) is 0 Å². The molecular weight excluding hydrogens is 182 g/mol. The quantitative estimate of drug-likeness (QED) is 0.577. The molecule has 0 aliphatic carbocycles. The lowest BCUT2D eigenvalue weighted by Gasteiger charge is -2.28. The molecule has 13 heavy (non-hydrogen) atoms. The van der Waals surface area contributed by atoms with Crippen LogP contribution in [0.4, 0.5) is 0 Å². The van der Waals surface area contributed by atoms with Crippen LogP contribution in [0.3, 0.4) is 0 Å². The van der Waals surface area contributed by atoms with E-state index in [0.29, 0.717) is 6.04 Å². The van der Waals surface area contributed by atoms with Gasteiger partial charge >= 0.3 is 0 Å². The van der Waals surface area contributed by atoms with Gasteiger partial charge in [0.2, 0.25) is 0 Å². The summed E-state index contributed by atoms with van der Waals surface area (Å²) in [6, 6.07) is 0.623. The van der Waals surface area contributed by atoms with Crippen LogP contribution in [0.2, 0.25) is 0 Å². The second-order valence-corrected chi connectivity index (χ2v) is 4.55. The third-order valence-corrected chi connectivity index (χ3v) is 2.60.